The summed E-state index contributed by atoms with van der Waals surface area (Å²) >= 11 is 0. The highest BCUT2D eigenvalue weighted by molar-refractivity contribution is 5.90. The molecule has 2 saturated carbocycles. The Morgan fingerprint density at radius 3 is 2.09 bits per heavy atom. The lowest BCUT2D eigenvalue weighted by molar-refractivity contribution is -0.444. The van der Waals surface area contributed by atoms with Crippen molar-refractivity contribution in [2.24, 2.45) is 0 Å². The van der Waals surface area contributed by atoms with Crippen LogP contribution in [0, 0.1) is 0 Å². The summed E-state index contributed by atoms with van der Waals surface area (Å²) in [5.74, 6) is -0.738. The first kappa shape index (κ1) is 18.6. The molecular formula is C16H29NO6. The molecule has 0 bridgehead atoms. The molecule has 0 aromatic rings. The van der Waals surface area contributed by atoms with Crippen LogP contribution in [0.15, 0.2) is 0 Å². The summed E-state index contributed by atoms with van der Waals surface area (Å²) in [7, 11) is 0. The van der Waals surface area contributed by atoms with E-state index in [9.17, 15) is 25.2 Å². The zero-order valence-corrected chi connectivity index (χ0v) is 13.7. The van der Waals surface area contributed by atoms with Gasteiger partial charge < -0.3 is 30.8 Å². The minimum atomic E-state index is -2.12. The first-order chi connectivity index (χ1) is 10.7. The van der Waals surface area contributed by atoms with Crippen LogP contribution in [-0.2, 0) is 4.79 Å². The van der Waals surface area contributed by atoms with Crippen LogP contribution in [0.2, 0.25) is 0 Å². The van der Waals surface area contributed by atoms with Gasteiger partial charge in [0.05, 0.1) is 6.61 Å². The number of aliphatic hydroxyl groups is 5. The van der Waals surface area contributed by atoms with E-state index < -0.39 is 47.8 Å². The topological polar surface area (TPSA) is 130 Å². The second-order valence-electron chi connectivity index (χ2n) is 7.15. The van der Waals surface area contributed by atoms with Crippen molar-refractivity contribution < 1.29 is 30.3 Å². The van der Waals surface area contributed by atoms with Crippen molar-refractivity contribution in [3.63, 3.8) is 0 Å². The number of nitrogens with one attached hydrogen (secondary N) is 1. The van der Waals surface area contributed by atoms with E-state index in [0.29, 0.717) is 6.54 Å². The molecule has 2 rings (SSSR count). The lowest BCUT2D eigenvalue weighted by Gasteiger charge is -2.75. The molecule has 134 valence electrons. The molecule has 0 heterocycles. The summed E-state index contributed by atoms with van der Waals surface area (Å²) in [5, 5.41) is 52.6. The number of fused-ring (bicyclic) bond motifs is 1. The van der Waals surface area contributed by atoms with Crippen molar-refractivity contribution in [3.05, 3.63) is 0 Å². The van der Waals surface area contributed by atoms with Crippen LogP contribution < -0.4 is 5.32 Å². The van der Waals surface area contributed by atoms with E-state index in [-0.39, 0.29) is 0 Å². The Morgan fingerprint density at radius 2 is 1.57 bits per heavy atom. The van der Waals surface area contributed by atoms with E-state index in [2.05, 4.69) is 12.2 Å². The highest BCUT2D eigenvalue weighted by Gasteiger charge is 2.90. The van der Waals surface area contributed by atoms with Crippen molar-refractivity contribution in [2.45, 2.75) is 80.7 Å². The molecule has 0 unspecified atom stereocenters. The summed E-state index contributed by atoms with van der Waals surface area (Å²) in [4.78, 5) is 12.1. The van der Waals surface area contributed by atoms with Crippen LogP contribution in [-0.4, -0.2) is 67.0 Å². The molecular weight excluding hydrogens is 302 g/mol. The van der Waals surface area contributed by atoms with E-state index >= 15 is 0 Å². The molecule has 0 radical (unpaired) electrons. The SMILES string of the molecule is CCCCCCCCNC(=O)[C@@]1(O)C[C@@]2(O)[C@](O)(CO)C[C@]21O. The van der Waals surface area contributed by atoms with E-state index in [1.807, 2.05) is 0 Å². The molecule has 2 fully saturated rings. The molecule has 0 aromatic carbocycles. The molecule has 0 aliphatic heterocycles. The molecule has 0 aromatic heterocycles. The third-order valence-corrected chi connectivity index (χ3v) is 5.65. The maximum atomic E-state index is 12.1. The maximum absolute atomic E-state index is 12.1. The Morgan fingerprint density at radius 1 is 0.957 bits per heavy atom. The second kappa shape index (κ2) is 6.29. The van der Waals surface area contributed by atoms with Crippen LogP contribution in [0.5, 0.6) is 0 Å². The Labute approximate surface area is 136 Å². The van der Waals surface area contributed by atoms with Crippen molar-refractivity contribution in [1.29, 1.82) is 0 Å². The average Bonchev–Trinajstić information content (AvgIpc) is 2.53. The van der Waals surface area contributed by atoms with E-state index in [1.165, 1.54) is 19.3 Å². The number of hydrogen-bond acceptors (Lipinski definition) is 6. The first-order valence-corrected chi connectivity index (χ1v) is 8.49. The van der Waals surface area contributed by atoms with Gasteiger partial charge in [-0.05, 0) is 6.42 Å². The fourth-order valence-corrected chi connectivity index (χ4v) is 3.91. The number of rotatable bonds is 9. The molecule has 7 nitrogen and oxygen atoms in total. The Kier molecular flexibility index (Phi) is 5.09. The van der Waals surface area contributed by atoms with Gasteiger partial charge in [0.25, 0.3) is 5.91 Å². The molecule has 0 spiro atoms. The fraction of sp³-hybridized carbons (Fsp3) is 0.938. The predicted octanol–water partition coefficient (Wildman–Crippen LogP) is -0.813. The standard InChI is InChI=1S/C16H29NO6/c1-2-3-4-5-6-7-8-17-12(19)14(21)10-15(22)13(20,11-18)9-16(14,15)23/h18,20-23H,2-11H2,1H3,(H,17,19)/t13-,14+,15-,16-/m1/s1. The minimum Gasteiger partial charge on any atom is -0.393 e. The number of hydrogen-bond donors (Lipinski definition) is 6. The van der Waals surface area contributed by atoms with Gasteiger partial charge in [0.15, 0.2) is 5.60 Å². The van der Waals surface area contributed by atoms with Crippen LogP contribution in [0.3, 0.4) is 0 Å². The smallest absolute Gasteiger partial charge is 0.255 e. The molecule has 1 amide bonds. The van der Waals surface area contributed by atoms with Gasteiger partial charge in [0.2, 0.25) is 0 Å². The molecule has 2 aliphatic carbocycles. The summed E-state index contributed by atoms with van der Waals surface area (Å²) in [6, 6.07) is 0. The molecule has 4 atom stereocenters. The summed E-state index contributed by atoms with van der Waals surface area (Å²) in [6.45, 7) is 1.80. The Balaban J connectivity index is 1.78. The number of carbonyl (C=O) groups excluding carboxylic acids is 1. The molecule has 7 heteroatoms. The lowest BCUT2D eigenvalue weighted by Crippen LogP contribution is -2.97. The molecule has 0 saturated heterocycles. The Hall–Kier alpha value is -0.730. The van der Waals surface area contributed by atoms with Crippen molar-refractivity contribution in [1.82, 2.24) is 5.32 Å². The molecule has 23 heavy (non-hydrogen) atoms. The van der Waals surface area contributed by atoms with Crippen LogP contribution in [0.1, 0.15) is 58.3 Å². The summed E-state index contributed by atoms with van der Waals surface area (Å²) in [6.07, 6.45) is 5.48. The third-order valence-electron chi connectivity index (χ3n) is 5.65. The number of unbranched alkanes of at least 4 members (excludes halogenated alkanes) is 5. The Bertz CT molecular complexity index is 460. The van der Waals surface area contributed by atoms with Gasteiger partial charge in [-0.15, -0.1) is 0 Å². The summed E-state index contributed by atoms with van der Waals surface area (Å²) < 4.78 is 0. The first-order valence-electron chi connectivity index (χ1n) is 8.49. The number of carbonyl (C=O) groups is 1. The zero-order valence-electron chi connectivity index (χ0n) is 13.7. The zero-order chi connectivity index (χ0) is 17.4. The third kappa shape index (κ3) is 2.49. The molecule has 6 N–H and O–H groups in total. The van der Waals surface area contributed by atoms with Crippen LogP contribution >= 0.6 is 0 Å². The number of amides is 1. The largest absolute Gasteiger partial charge is 0.393 e. The monoisotopic (exact) mass is 331 g/mol. The van der Waals surface area contributed by atoms with Crippen molar-refractivity contribution >= 4 is 5.91 Å². The summed E-state index contributed by atoms with van der Waals surface area (Å²) in [5.41, 5.74) is -8.14. The lowest BCUT2D eigenvalue weighted by atomic mass is 9.37. The van der Waals surface area contributed by atoms with Gasteiger partial charge in [0.1, 0.15) is 16.8 Å². The van der Waals surface area contributed by atoms with Gasteiger partial charge in [-0.25, -0.2) is 0 Å². The normalized spacial score (nSPS) is 41.7. The van der Waals surface area contributed by atoms with Gasteiger partial charge in [0, 0.05) is 19.4 Å². The van der Waals surface area contributed by atoms with Gasteiger partial charge in [-0.2, -0.15) is 0 Å². The predicted molar refractivity (Wildman–Crippen MR) is 82.5 cm³/mol. The minimum absolute atomic E-state index is 0.395. The van der Waals surface area contributed by atoms with Gasteiger partial charge in [-0.1, -0.05) is 39.0 Å². The highest BCUT2D eigenvalue weighted by Crippen LogP contribution is 2.67. The average molecular weight is 331 g/mol. The highest BCUT2D eigenvalue weighted by atomic mass is 16.5. The molecule has 2 aliphatic rings. The van der Waals surface area contributed by atoms with Crippen LogP contribution in [0.25, 0.3) is 0 Å². The number of aliphatic hydroxyl groups excluding tert-OH is 1. The van der Waals surface area contributed by atoms with E-state index in [1.54, 1.807) is 0 Å². The van der Waals surface area contributed by atoms with E-state index in [4.69, 9.17) is 5.11 Å². The van der Waals surface area contributed by atoms with Gasteiger partial charge >= 0.3 is 0 Å². The van der Waals surface area contributed by atoms with Gasteiger partial charge in [-0.3, -0.25) is 4.79 Å². The van der Waals surface area contributed by atoms with Crippen molar-refractivity contribution in [3.8, 4) is 0 Å². The quantitative estimate of drug-likeness (QED) is 0.306. The maximum Gasteiger partial charge on any atom is 0.255 e. The van der Waals surface area contributed by atoms with Crippen molar-refractivity contribution in [2.75, 3.05) is 13.2 Å². The fourth-order valence-electron chi connectivity index (χ4n) is 3.91. The second-order valence-corrected chi connectivity index (χ2v) is 7.15. The van der Waals surface area contributed by atoms with E-state index in [0.717, 1.165) is 19.3 Å². The van der Waals surface area contributed by atoms with Crippen LogP contribution in [0.4, 0.5) is 0 Å².